The molecule has 0 atom stereocenters. The molecular weight excluding hydrogens is 364 g/mol. The van der Waals surface area contributed by atoms with Crippen molar-refractivity contribution in [2.75, 3.05) is 32.0 Å². The molecule has 6 heteroatoms. The minimum atomic E-state index is -0.664. The van der Waals surface area contributed by atoms with Crippen LogP contribution in [0.1, 0.15) is 34.3 Å². The zero-order chi connectivity index (χ0) is 20.8. The highest BCUT2D eigenvalue weighted by Gasteiger charge is 2.27. The first-order valence-electron chi connectivity index (χ1n) is 10.1. The number of amides is 3. The van der Waals surface area contributed by atoms with Crippen molar-refractivity contribution in [2.24, 2.45) is 5.73 Å². The van der Waals surface area contributed by atoms with Crippen molar-refractivity contribution >= 4 is 17.6 Å². The van der Waals surface area contributed by atoms with Crippen molar-refractivity contribution in [1.29, 1.82) is 0 Å². The third kappa shape index (κ3) is 5.57. The number of carbonyl (C=O) groups is 2. The summed E-state index contributed by atoms with van der Waals surface area (Å²) >= 11 is 0. The Morgan fingerprint density at radius 2 is 1.83 bits per heavy atom. The van der Waals surface area contributed by atoms with Crippen LogP contribution in [0.25, 0.3) is 0 Å². The molecule has 0 aliphatic carbocycles. The Hall–Kier alpha value is -2.86. The van der Waals surface area contributed by atoms with Gasteiger partial charge >= 0.3 is 6.03 Å². The maximum absolute atomic E-state index is 13.0. The van der Waals surface area contributed by atoms with Gasteiger partial charge in [0.05, 0.1) is 11.3 Å². The third-order valence-corrected chi connectivity index (χ3v) is 5.63. The zero-order valence-corrected chi connectivity index (χ0v) is 17.2. The van der Waals surface area contributed by atoms with Crippen LogP contribution in [0.3, 0.4) is 0 Å². The predicted octanol–water partition coefficient (Wildman–Crippen LogP) is 3.26. The predicted molar refractivity (Wildman–Crippen MR) is 116 cm³/mol. The molecule has 1 saturated heterocycles. The maximum Gasteiger partial charge on any atom is 0.316 e. The Bertz CT molecular complexity index is 845. The van der Waals surface area contributed by atoms with Gasteiger partial charge in [0.2, 0.25) is 0 Å². The number of carbonyl (C=O) groups excluding carboxylic acids is 2. The zero-order valence-electron chi connectivity index (χ0n) is 17.2. The van der Waals surface area contributed by atoms with Crippen molar-refractivity contribution in [1.82, 2.24) is 9.80 Å². The second kappa shape index (κ2) is 9.56. The van der Waals surface area contributed by atoms with E-state index in [2.05, 4.69) is 41.5 Å². The van der Waals surface area contributed by atoms with Gasteiger partial charge in [0.1, 0.15) is 0 Å². The Morgan fingerprint density at radius 1 is 1.14 bits per heavy atom. The Kier molecular flexibility index (Phi) is 6.88. The Balaban J connectivity index is 1.56. The molecule has 29 heavy (non-hydrogen) atoms. The van der Waals surface area contributed by atoms with Crippen LogP contribution in [-0.2, 0) is 6.42 Å². The molecule has 0 aromatic heterocycles. The van der Waals surface area contributed by atoms with Crippen LogP contribution in [-0.4, -0.2) is 54.5 Å². The van der Waals surface area contributed by atoms with E-state index in [1.54, 1.807) is 12.1 Å². The van der Waals surface area contributed by atoms with Crippen molar-refractivity contribution in [3.05, 3.63) is 65.2 Å². The van der Waals surface area contributed by atoms with Gasteiger partial charge in [-0.3, -0.25) is 4.79 Å². The number of urea groups is 1. The van der Waals surface area contributed by atoms with Crippen LogP contribution in [0.15, 0.2) is 48.5 Å². The molecule has 0 saturated carbocycles. The number of anilines is 1. The van der Waals surface area contributed by atoms with Crippen LogP contribution >= 0.6 is 0 Å². The fraction of sp³-hybridized carbons (Fsp3) is 0.391. The Morgan fingerprint density at radius 3 is 2.48 bits per heavy atom. The summed E-state index contributed by atoms with van der Waals surface area (Å²) in [6.07, 6.45) is 2.92. The summed E-state index contributed by atoms with van der Waals surface area (Å²) in [6, 6.07) is 15.7. The minimum absolute atomic E-state index is 0.0564. The van der Waals surface area contributed by atoms with E-state index in [4.69, 9.17) is 5.73 Å². The number of nitrogens with zero attached hydrogens (tertiary/aromatic N) is 2. The topological polar surface area (TPSA) is 78.7 Å². The van der Waals surface area contributed by atoms with Crippen molar-refractivity contribution in [3.8, 4) is 0 Å². The first kappa shape index (κ1) is 20.9. The third-order valence-electron chi connectivity index (χ3n) is 5.63. The largest absolute Gasteiger partial charge is 0.351 e. The molecule has 154 valence electrons. The smallest absolute Gasteiger partial charge is 0.316 e. The number of hydrogen-bond acceptors (Lipinski definition) is 3. The van der Waals surface area contributed by atoms with Gasteiger partial charge in [-0.25, -0.2) is 4.79 Å². The average Bonchev–Trinajstić information content (AvgIpc) is 2.72. The van der Waals surface area contributed by atoms with Crippen LogP contribution < -0.4 is 11.1 Å². The molecule has 3 N–H and O–H groups in total. The van der Waals surface area contributed by atoms with Crippen molar-refractivity contribution in [3.63, 3.8) is 0 Å². The summed E-state index contributed by atoms with van der Waals surface area (Å²) in [5, 5.41) is 2.58. The number of benzene rings is 2. The summed E-state index contributed by atoms with van der Waals surface area (Å²) in [6.45, 7) is 4.34. The molecular formula is C23H30N4O2. The fourth-order valence-electron chi connectivity index (χ4n) is 3.89. The first-order valence-corrected chi connectivity index (χ1v) is 10.1. The van der Waals surface area contributed by atoms with Crippen LogP contribution in [0, 0.1) is 6.92 Å². The minimum Gasteiger partial charge on any atom is -0.351 e. The number of nitrogens with one attached hydrogen (secondary N) is 1. The van der Waals surface area contributed by atoms with Crippen molar-refractivity contribution < 1.29 is 9.59 Å². The second-order valence-electron chi connectivity index (χ2n) is 7.78. The van der Waals surface area contributed by atoms with Crippen LogP contribution in [0.5, 0.6) is 0 Å². The van der Waals surface area contributed by atoms with Gasteiger partial charge in [-0.1, -0.05) is 36.4 Å². The van der Waals surface area contributed by atoms with E-state index >= 15 is 0 Å². The van der Waals surface area contributed by atoms with E-state index in [0.717, 1.165) is 31.4 Å². The molecule has 2 aromatic rings. The quantitative estimate of drug-likeness (QED) is 0.789. The summed E-state index contributed by atoms with van der Waals surface area (Å²) in [5.74, 6) is -0.0564. The monoisotopic (exact) mass is 394 g/mol. The number of nitrogens with two attached hydrogens (primary N) is 1. The van der Waals surface area contributed by atoms with Gasteiger partial charge in [0, 0.05) is 25.7 Å². The number of likely N-dealkylation sites (N-methyl/N-ethyl adjacent to an activating group) is 1. The van der Waals surface area contributed by atoms with E-state index < -0.39 is 6.03 Å². The number of likely N-dealkylation sites (tertiary alicyclic amines) is 1. The van der Waals surface area contributed by atoms with Gasteiger partial charge in [0.25, 0.3) is 5.91 Å². The molecule has 1 heterocycles. The standard InChI is InChI=1S/C23H30N4O2/c1-17-8-9-20(21(16-17)25-23(24)29)22(28)27-14-11-19(12-15-27)26(2)13-10-18-6-4-3-5-7-18/h3-9,16,19H,10-15H2,1-2H3,(H3,24,25,29). The lowest BCUT2D eigenvalue weighted by atomic mass is 10.0. The summed E-state index contributed by atoms with van der Waals surface area (Å²) in [5.41, 5.74) is 8.54. The second-order valence-corrected chi connectivity index (χ2v) is 7.78. The molecule has 0 bridgehead atoms. The van der Waals surface area contributed by atoms with E-state index in [0.29, 0.717) is 30.4 Å². The molecule has 0 spiro atoms. The normalized spacial score (nSPS) is 14.8. The molecule has 1 aliphatic heterocycles. The van der Waals surface area contributed by atoms with Crippen molar-refractivity contribution in [2.45, 2.75) is 32.2 Å². The summed E-state index contributed by atoms with van der Waals surface area (Å²) in [4.78, 5) is 28.6. The SMILES string of the molecule is Cc1ccc(C(=O)N2CCC(N(C)CCc3ccccc3)CC2)c(NC(N)=O)c1. The number of piperidine rings is 1. The van der Waals surface area contributed by atoms with Crippen LogP contribution in [0.2, 0.25) is 0 Å². The summed E-state index contributed by atoms with van der Waals surface area (Å²) < 4.78 is 0. The maximum atomic E-state index is 13.0. The molecule has 3 rings (SSSR count). The molecule has 3 amide bonds. The molecule has 0 radical (unpaired) electrons. The number of aryl methyl sites for hydroxylation is 1. The van der Waals surface area contributed by atoms with E-state index in [1.165, 1.54) is 5.56 Å². The molecule has 1 fully saturated rings. The molecule has 0 unspecified atom stereocenters. The number of primary amides is 1. The lowest BCUT2D eigenvalue weighted by molar-refractivity contribution is 0.0648. The first-order chi connectivity index (χ1) is 13.9. The molecule has 6 nitrogen and oxygen atoms in total. The number of hydrogen-bond donors (Lipinski definition) is 2. The lowest BCUT2D eigenvalue weighted by Gasteiger charge is -2.37. The van der Waals surface area contributed by atoms with E-state index in [9.17, 15) is 9.59 Å². The van der Waals surface area contributed by atoms with Gasteiger partial charge in [-0.15, -0.1) is 0 Å². The highest BCUT2D eigenvalue weighted by atomic mass is 16.2. The van der Waals surface area contributed by atoms with Gasteiger partial charge < -0.3 is 20.9 Å². The lowest BCUT2D eigenvalue weighted by Crippen LogP contribution is -2.46. The molecule has 1 aliphatic rings. The summed E-state index contributed by atoms with van der Waals surface area (Å²) in [7, 11) is 2.17. The van der Waals surface area contributed by atoms with Crippen LogP contribution in [0.4, 0.5) is 10.5 Å². The highest BCUT2D eigenvalue weighted by Crippen LogP contribution is 2.23. The van der Waals surface area contributed by atoms with E-state index in [-0.39, 0.29) is 5.91 Å². The van der Waals surface area contributed by atoms with E-state index in [1.807, 2.05) is 24.0 Å². The highest BCUT2D eigenvalue weighted by molar-refractivity contribution is 6.03. The fourth-order valence-corrected chi connectivity index (χ4v) is 3.89. The molecule has 2 aromatic carbocycles. The van der Waals surface area contributed by atoms with Gasteiger partial charge in [-0.05, 0) is 56.5 Å². The average molecular weight is 395 g/mol. The number of rotatable bonds is 6. The Labute approximate surface area is 172 Å². The van der Waals surface area contributed by atoms with Gasteiger partial charge in [-0.2, -0.15) is 0 Å². The van der Waals surface area contributed by atoms with Gasteiger partial charge in [0.15, 0.2) is 0 Å².